The summed E-state index contributed by atoms with van der Waals surface area (Å²) >= 11 is 0. The van der Waals surface area contributed by atoms with Crippen molar-refractivity contribution < 1.29 is 4.79 Å². The van der Waals surface area contributed by atoms with Gasteiger partial charge in [-0.25, -0.2) is 0 Å². The van der Waals surface area contributed by atoms with Crippen LogP contribution in [0, 0.1) is 11.8 Å². The van der Waals surface area contributed by atoms with Crippen LogP contribution in [-0.2, 0) is 4.79 Å². The van der Waals surface area contributed by atoms with E-state index in [-0.39, 0.29) is 6.04 Å². The third-order valence-corrected chi connectivity index (χ3v) is 4.71. The topological polar surface area (TPSA) is 44.4 Å². The van der Waals surface area contributed by atoms with Gasteiger partial charge in [-0.3, -0.25) is 15.0 Å². The fourth-order valence-corrected chi connectivity index (χ4v) is 3.89. The first-order chi connectivity index (χ1) is 7.68. The van der Waals surface area contributed by atoms with Crippen molar-refractivity contribution in [1.29, 1.82) is 0 Å². The monoisotopic (exact) mass is 223 g/mol. The summed E-state index contributed by atoms with van der Waals surface area (Å²) in [6, 6.07) is 0.144. The molecule has 3 aliphatic rings. The first-order valence-electron chi connectivity index (χ1n) is 6.40. The summed E-state index contributed by atoms with van der Waals surface area (Å²) in [5.74, 6) is 1.71. The summed E-state index contributed by atoms with van der Waals surface area (Å²) in [7, 11) is 2.08. The number of hydrogen-bond donors (Lipinski definition) is 2. The average Bonchev–Trinajstić information content (AvgIpc) is 2.76. The maximum absolute atomic E-state index is 11.6. The van der Waals surface area contributed by atoms with Crippen molar-refractivity contribution in [2.75, 3.05) is 13.6 Å². The molecule has 0 aromatic carbocycles. The van der Waals surface area contributed by atoms with Crippen molar-refractivity contribution in [3.8, 4) is 0 Å². The maximum Gasteiger partial charge on any atom is 0.146 e. The van der Waals surface area contributed by atoms with Gasteiger partial charge in [-0.1, -0.05) is 0 Å². The lowest BCUT2D eigenvalue weighted by Crippen LogP contribution is -2.51. The predicted molar refractivity (Wildman–Crippen MR) is 61.8 cm³/mol. The molecule has 0 aromatic heterocycles. The van der Waals surface area contributed by atoms with Crippen LogP contribution in [0.4, 0.5) is 0 Å². The Labute approximate surface area is 96.8 Å². The molecule has 0 radical (unpaired) electrons. The molecule has 0 bridgehead atoms. The van der Waals surface area contributed by atoms with Crippen LogP contribution < -0.4 is 10.6 Å². The smallest absolute Gasteiger partial charge is 0.146 e. The van der Waals surface area contributed by atoms with E-state index < -0.39 is 0 Å². The van der Waals surface area contributed by atoms with Crippen LogP contribution in [0.15, 0.2) is 0 Å². The molecule has 0 spiro atoms. The lowest BCUT2D eigenvalue weighted by atomic mass is 9.84. The zero-order valence-electron chi connectivity index (χ0n) is 10.1. The molecule has 3 aliphatic heterocycles. The van der Waals surface area contributed by atoms with Crippen LogP contribution in [0.3, 0.4) is 0 Å². The van der Waals surface area contributed by atoms with Gasteiger partial charge in [0.25, 0.3) is 0 Å². The minimum Gasteiger partial charge on any atom is -0.302 e. The predicted octanol–water partition coefficient (Wildman–Crippen LogP) is 0.151. The van der Waals surface area contributed by atoms with Gasteiger partial charge in [0.05, 0.1) is 18.4 Å². The number of likely N-dealkylation sites (tertiary alicyclic amines) is 1. The van der Waals surface area contributed by atoms with E-state index in [1.54, 1.807) is 6.92 Å². The summed E-state index contributed by atoms with van der Waals surface area (Å²) in [6.07, 6.45) is 4.53. The van der Waals surface area contributed by atoms with Gasteiger partial charge in [0.1, 0.15) is 5.78 Å². The number of carbonyl (C=O) groups excluding carboxylic acids is 1. The average molecular weight is 223 g/mol. The van der Waals surface area contributed by atoms with E-state index in [0.29, 0.717) is 24.0 Å². The van der Waals surface area contributed by atoms with E-state index in [2.05, 4.69) is 22.6 Å². The molecule has 0 aliphatic carbocycles. The van der Waals surface area contributed by atoms with Gasteiger partial charge < -0.3 is 5.32 Å². The summed E-state index contributed by atoms with van der Waals surface area (Å²) in [5.41, 5.74) is 0. The first kappa shape index (κ1) is 10.7. The second-order valence-corrected chi connectivity index (χ2v) is 5.54. The second-order valence-electron chi connectivity index (χ2n) is 5.54. The van der Waals surface area contributed by atoms with Crippen LogP contribution in [-0.4, -0.2) is 42.6 Å². The highest BCUT2D eigenvalue weighted by Gasteiger charge is 2.52. The van der Waals surface area contributed by atoms with Gasteiger partial charge >= 0.3 is 0 Å². The van der Waals surface area contributed by atoms with E-state index >= 15 is 0 Å². The van der Waals surface area contributed by atoms with Gasteiger partial charge in [-0.2, -0.15) is 0 Å². The minimum atomic E-state index is 0.144. The van der Waals surface area contributed by atoms with Gasteiger partial charge in [-0.15, -0.1) is 0 Å². The number of fused-ring (bicyclic) bond motifs is 3. The number of piperidine rings is 1. The lowest BCUT2D eigenvalue weighted by molar-refractivity contribution is -0.121. The quantitative estimate of drug-likeness (QED) is 0.664. The molecule has 16 heavy (non-hydrogen) atoms. The first-order valence-corrected chi connectivity index (χ1v) is 6.40. The highest BCUT2D eigenvalue weighted by atomic mass is 16.1. The third kappa shape index (κ3) is 1.44. The molecule has 5 atom stereocenters. The summed E-state index contributed by atoms with van der Waals surface area (Å²) in [4.78, 5) is 13.8. The van der Waals surface area contributed by atoms with Crippen LogP contribution in [0.5, 0.6) is 0 Å². The third-order valence-electron chi connectivity index (χ3n) is 4.71. The molecule has 4 nitrogen and oxygen atoms in total. The Hall–Kier alpha value is -0.450. The zero-order valence-corrected chi connectivity index (χ0v) is 10.1. The second kappa shape index (κ2) is 3.79. The van der Waals surface area contributed by atoms with Crippen molar-refractivity contribution in [2.45, 2.75) is 44.6 Å². The Bertz CT molecular complexity index is 307. The van der Waals surface area contributed by atoms with Crippen molar-refractivity contribution >= 4 is 5.78 Å². The Kier molecular flexibility index (Phi) is 2.53. The molecule has 5 unspecified atom stereocenters. The van der Waals surface area contributed by atoms with E-state index in [1.807, 2.05) is 0 Å². The van der Waals surface area contributed by atoms with E-state index in [9.17, 15) is 4.79 Å². The Morgan fingerprint density at radius 3 is 2.94 bits per heavy atom. The van der Waals surface area contributed by atoms with Crippen LogP contribution in [0.2, 0.25) is 0 Å². The largest absolute Gasteiger partial charge is 0.302 e. The van der Waals surface area contributed by atoms with E-state index in [4.69, 9.17) is 0 Å². The lowest BCUT2D eigenvalue weighted by Gasteiger charge is -2.30. The van der Waals surface area contributed by atoms with Crippen molar-refractivity contribution in [3.63, 3.8) is 0 Å². The van der Waals surface area contributed by atoms with Crippen molar-refractivity contribution in [1.82, 2.24) is 15.5 Å². The fourth-order valence-electron chi connectivity index (χ4n) is 3.89. The molecular weight excluding hydrogens is 202 g/mol. The number of nitrogens with zero attached hydrogens (tertiary/aromatic N) is 1. The molecule has 0 saturated carbocycles. The summed E-state index contributed by atoms with van der Waals surface area (Å²) in [5, 5.41) is 7.20. The van der Waals surface area contributed by atoms with Gasteiger partial charge in [0, 0.05) is 0 Å². The molecule has 90 valence electrons. The molecule has 0 aromatic rings. The number of Topliss-reactive ketones (excluding diaryl/α,β-unsaturated/α-hetero) is 1. The Balaban J connectivity index is 1.79. The number of rotatable bonds is 1. The number of carbonyl (C=O) groups is 1. The normalized spacial score (nSPS) is 47.8. The van der Waals surface area contributed by atoms with Gasteiger partial charge in [0.2, 0.25) is 0 Å². The summed E-state index contributed by atoms with van der Waals surface area (Å²) < 4.78 is 0. The Morgan fingerprint density at radius 2 is 2.19 bits per heavy atom. The van der Waals surface area contributed by atoms with Crippen LogP contribution >= 0.6 is 0 Å². The van der Waals surface area contributed by atoms with E-state index in [1.165, 1.54) is 12.8 Å². The van der Waals surface area contributed by atoms with Crippen molar-refractivity contribution in [2.24, 2.45) is 11.8 Å². The molecule has 3 fully saturated rings. The maximum atomic E-state index is 11.6. The molecule has 3 rings (SSSR count). The minimum absolute atomic E-state index is 0.144. The van der Waals surface area contributed by atoms with Gasteiger partial charge in [0.15, 0.2) is 0 Å². The van der Waals surface area contributed by atoms with E-state index in [0.717, 1.165) is 18.9 Å². The SMILES string of the molecule is CC(=O)C1CC2C3CCCNC3NC2N1C. The van der Waals surface area contributed by atoms with Crippen molar-refractivity contribution in [3.05, 3.63) is 0 Å². The molecule has 0 amide bonds. The summed E-state index contributed by atoms with van der Waals surface area (Å²) in [6.45, 7) is 2.85. The van der Waals surface area contributed by atoms with Gasteiger partial charge in [-0.05, 0) is 51.6 Å². The highest BCUT2D eigenvalue weighted by molar-refractivity contribution is 5.81. The molecule has 2 N–H and O–H groups in total. The Morgan fingerprint density at radius 1 is 1.38 bits per heavy atom. The number of likely N-dealkylation sites (N-methyl/N-ethyl adjacent to an activating group) is 1. The highest BCUT2D eigenvalue weighted by Crippen LogP contribution is 2.42. The number of hydrogen-bond acceptors (Lipinski definition) is 4. The molecule has 3 heterocycles. The fraction of sp³-hybridized carbons (Fsp3) is 0.917. The molecule has 3 saturated heterocycles. The standard InChI is InChI=1S/C12H21N3O/c1-7(16)10-6-9-8-4-3-5-13-11(8)14-12(9)15(10)2/h8-14H,3-6H2,1-2H3. The number of nitrogens with one attached hydrogen (secondary N) is 2. The van der Waals surface area contributed by atoms with Crippen LogP contribution in [0.25, 0.3) is 0 Å². The number of ketones is 1. The van der Waals surface area contributed by atoms with Crippen LogP contribution in [0.1, 0.15) is 26.2 Å². The molecular formula is C12H21N3O. The zero-order chi connectivity index (χ0) is 11.3. The molecule has 4 heteroatoms.